The average molecular weight is 569 g/mol. The lowest BCUT2D eigenvalue weighted by atomic mass is 9.75. The first-order valence-electron chi connectivity index (χ1n) is 13.6. The molecule has 2 heterocycles. The lowest BCUT2D eigenvalue weighted by molar-refractivity contribution is -0.158. The van der Waals surface area contributed by atoms with Crippen LogP contribution in [0.2, 0.25) is 0 Å². The molecule has 7 nitrogen and oxygen atoms in total. The number of alkyl halides is 3. The molecule has 0 N–H and O–H groups in total. The molecule has 2 aromatic heterocycles. The topological polar surface area (TPSA) is 83.6 Å². The summed E-state index contributed by atoms with van der Waals surface area (Å²) in [7, 11) is 0. The van der Waals surface area contributed by atoms with Gasteiger partial charge >= 0.3 is 12.1 Å². The molecular formula is C31H31F3N2O5. The smallest absolute Gasteiger partial charge is 0.450 e. The molecule has 0 aliphatic heterocycles. The Bertz CT molecular complexity index is 1590. The van der Waals surface area contributed by atoms with Crippen molar-refractivity contribution < 1.29 is 31.9 Å². The number of carbonyl (C=O) groups excluding carboxylic acids is 1. The lowest BCUT2D eigenvalue weighted by Gasteiger charge is -2.36. The first-order chi connectivity index (χ1) is 19.5. The Balaban J connectivity index is 1.39. The molecule has 0 saturated heterocycles. The second-order valence-electron chi connectivity index (χ2n) is 10.9. The van der Waals surface area contributed by atoms with Crippen LogP contribution in [0.5, 0.6) is 5.75 Å². The van der Waals surface area contributed by atoms with Gasteiger partial charge in [-0.25, -0.2) is 9.48 Å². The minimum Gasteiger partial charge on any atom is -0.482 e. The number of esters is 1. The van der Waals surface area contributed by atoms with Crippen LogP contribution in [0.1, 0.15) is 45.8 Å². The first-order valence-corrected chi connectivity index (χ1v) is 13.6. The average Bonchev–Trinajstić information content (AvgIpc) is 3.41. The first kappa shape index (κ1) is 28.4. The number of ether oxygens (including phenoxy) is 2. The van der Waals surface area contributed by atoms with Crippen LogP contribution in [0, 0.1) is 17.8 Å². The van der Waals surface area contributed by atoms with Crippen LogP contribution in [0.3, 0.4) is 0 Å². The van der Waals surface area contributed by atoms with Crippen molar-refractivity contribution >= 4 is 16.9 Å². The maximum absolute atomic E-state index is 14.1. The van der Waals surface area contributed by atoms with Gasteiger partial charge in [0.15, 0.2) is 6.61 Å². The molecule has 5 rings (SSSR count). The van der Waals surface area contributed by atoms with Crippen molar-refractivity contribution in [2.45, 2.75) is 52.3 Å². The minimum atomic E-state index is -4.96. The van der Waals surface area contributed by atoms with E-state index in [1.807, 2.05) is 0 Å². The zero-order valence-corrected chi connectivity index (χ0v) is 23.0. The van der Waals surface area contributed by atoms with Gasteiger partial charge in [0.05, 0.1) is 22.8 Å². The highest BCUT2D eigenvalue weighted by molar-refractivity contribution is 5.84. The standard InChI is InChI=1S/C31H31F3N2O5/c1-18(2)23-11-9-19(3)13-25(23)40-27(37)17-39-22-10-12-24-26(14-22)41-30(31(32,33)34)28(29(24)38)20-15-35-36(16-20)21-7-5-4-6-8-21/h4-8,10,12,14-16,18-19,23,25H,9,11,13,17H2,1-3H3/t19-,23-,25-/m1/s1. The van der Waals surface area contributed by atoms with Gasteiger partial charge in [-0.3, -0.25) is 4.79 Å². The van der Waals surface area contributed by atoms with Gasteiger partial charge in [0.25, 0.3) is 0 Å². The summed E-state index contributed by atoms with van der Waals surface area (Å²) in [5, 5.41) is 4.06. The molecule has 0 unspecified atom stereocenters. The number of hydrogen-bond acceptors (Lipinski definition) is 6. The van der Waals surface area contributed by atoms with E-state index >= 15 is 0 Å². The number of para-hydroxylation sites is 1. The molecular weight excluding hydrogens is 537 g/mol. The molecule has 2 aromatic carbocycles. The van der Waals surface area contributed by atoms with E-state index in [1.54, 1.807) is 30.3 Å². The van der Waals surface area contributed by atoms with Gasteiger partial charge < -0.3 is 13.9 Å². The van der Waals surface area contributed by atoms with Crippen molar-refractivity contribution in [3.63, 3.8) is 0 Å². The van der Waals surface area contributed by atoms with Crippen LogP contribution in [0.25, 0.3) is 27.8 Å². The molecule has 3 atom stereocenters. The molecule has 0 spiro atoms. The molecule has 1 saturated carbocycles. The van der Waals surface area contributed by atoms with Crippen molar-refractivity contribution in [2.24, 2.45) is 17.8 Å². The van der Waals surface area contributed by atoms with E-state index < -0.39 is 35.5 Å². The van der Waals surface area contributed by atoms with E-state index in [1.165, 1.54) is 35.3 Å². The Morgan fingerprint density at radius 3 is 2.61 bits per heavy atom. The summed E-state index contributed by atoms with van der Waals surface area (Å²) in [6, 6.07) is 12.7. The van der Waals surface area contributed by atoms with E-state index in [9.17, 15) is 22.8 Å². The van der Waals surface area contributed by atoms with E-state index in [-0.39, 0.29) is 34.3 Å². The highest BCUT2D eigenvalue weighted by Crippen LogP contribution is 2.38. The zero-order chi connectivity index (χ0) is 29.3. The summed E-state index contributed by atoms with van der Waals surface area (Å²) in [5.74, 6) is -0.839. The Hall–Kier alpha value is -4.08. The summed E-state index contributed by atoms with van der Waals surface area (Å²) in [6.45, 7) is 5.93. The Morgan fingerprint density at radius 2 is 1.90 bits per heavy atom. The summed E-state index contributed by atoms with van der Waals surface area (Å²) in [5.41, 5.74) is -1.21. The van der Waals surface area contributed by atoms with E-state index in [2.05, 4.69) is 25.9 Å². The zero-order valence-electron chi connectivity index (χ0n) is 23.0. The molecule has 216 valence electrons. The highest BCUT2D eigenvalue weighted by Gasteiger charge is 2.40. The minimum absolute atomic E-state index is 0.0309. The fourth-order valence-corrected chi connectivity index (χ4v) is 5.49. The molecule has 0 amide bonds. The molecule has 10 heteroatoms. The van der Waals surface area contributed by atoms with Crippen LogP contribution in [-0.4, -0.2) is 28.5 Å². The van der Waals surface area contributed by atoms with Crippen LogP contribution < -0.4 is 10.2 Å². The Kier molecular flexibility index (Phi) is 7.93. The largest absolute Gasteiger partial charge is 0.482 e. The number of carbonyl (C=O) groups is 1. The number of fused-ring (bicyclic) bond motifs is 1. The van der Waals surface area contributed by atoms with Gasteiger partial charge in [-0.2, -0.15) is 18.3 Å². The third-order valence-corrected chi connectivity index (χ3v) is 7.61. The summed E-state index contributed by atoms with van der Waals surface area (Å²) >= 11 is 0. The maximum atomic E-state index is 14.1. The van der Waals surface area contributed by atoms with Gasteiger partial charge in [0.2, 0.25) is 11.2 Å². The van der Waals surface area contributed by atoms with Gasteiger partial charge in [0.1, 0.15) is 17.4 Å². The van der Waals surface area contributed by atoms with Gasteiger partial charge in [0, 0.05) is 17.8 Å². The monoisotopic (exact) mass is 568 g/mol. The predicted molar refractivity (Wildman–Crippen MR) is 147 cm³/mol. The number of hydrogen-bond donors (Lipinski definition) is 0. The van der Waals surface area contributed by atoms with Crippen molar-refractivity contribution in [1.29, 1.82) is 0 Å². The quantitative estimate of drug-likeness (QED) is 0.222. The number of nitrogens with zero attached hydrogens (tertiary/aromatic N) is 2. The van der Waals surface area contributed by atoms with Crippen molar-refractivity contribution in [3.05, 3.63) is 76.9 Å². The van der Waals surface area contributed by atoms with Crippen LogP contribution in [0.15, 0.2) is 70.1 Å². The maximum Gasteiger partial charge on any atom is 0.450 e. The predicted octanol–water partition coefficient (Wildman–Crippen LogP) is 7.05. The molecule has 41 heavy (non-hydrogen) atoms. The van der Waals surface area contributed by atoms with Gasteiger partial charge in [-0.05, 0) is 54.9 Å². The lowest BCUT2D eigenvalue weighted by Crippen LogP contribution is -2.36. The third-order valence-electron chi connectivity index (χ3n) is 7.61. The SMILES string of the molecule is CC(C)[C@H]1CC[C@@H](C)C[C@H]1OC(=O)COc1ccc2c(=O)c(-c3cnn(-c4ccccc4)c3)c(C(F)(F)F)oc2c1. The van der Waals surface area contributed by atoms with E-state index in [0.29, 0.717) is 17.5 Å². The Labute approximate surface area is 234 Å². The fraction of sp³-hybridized carbons (Fsp3) is 0.387. The highest BCUT2D eigenvalue weighted by atomic mass is 19.4. The fourth-order valence-electron chi connectivity index (χ4n) is 5.49. The molecule has 1 aliphatic rings. The number of rotatable bonds is 7. The number of benzene rings is 2. The normalized spacial score (nSPS) is 19.4. The number of aromatic nitrogens is 2. The molecule has 1 aliphatic carbocycles. The van der Waals surface area contributed by atoms with Crippen molar-refractivity contribution in [1.82, 2.24) is 9.78 Å². The van der Waals surface area contributed by atoms with Crippen LogP contribution in [-0.2, 0) is 15.7 Å². The van der Waals surface area contributed by atoms with Crippen molar-refractivity contribution in [3.8, 4) is 22.6 Å². The summed E-state index contributed by atoms with van der Waals surface area (Å²) in [6.07, 6.45) is 0.238. The molecule has 1 fully saturated rings. The van der Waals surface area contributed by atoms with Gasteiger partial charge in [-0.1, -0.05) is 45.4 Å². The number of halogens is 3. The molecule has 0 radical (unpaired) electrons. The Morgan fingerprint density at radius 1 is 1.15 bits per heavy atom. The van der Waals surface area contributed by atoms with E-state index in [4.69, 9.17) is 13.9 Å². The second kappa shape index (κ2) is 11.4. The van der Waals surface area contributed by atoms with Crippen molar-refractivity contribution in [2.75, 3.05) is 6.61 Å². The van der Waals surface area contributed by atoms with Crippen LogP contribution in [0.4, 0.5) is 13.2 Å². The molecule has 0 bridgehead atoms. The second-order valence-corrected chi connectivity index (χ2v) is 10.9. The third kappa shape index (κ3) is 6.16. The summed E-state index contributed by atoms with van der Waals surface area (Å²) in [4.78, 5) is 25.9. The van der Waals surface area contributed by atoms with Crippen LogP contribution >= 0.6 is 0 Å². The van der Waals surface area contributed by atoms with E-state index in [0.717, 1.165) is 19.3 Å². The molecule has 4 aromatic rings. The van der Waals surface area contributed by atoms with Gasteiger partial charge in [-0.15, -0.1) is 0 Å². The summed E-state index contributed by atoms with van der Waals surface area (Å²) < 4.78 is 60.3.